The van der Waals surface area contributed by atoms with Gasteiger partial charge in [0, 0.05) is 25.2 Å². The van der Waals surface area contributed by atoms with Gasteiger partial charge in [0.05, 0.1) is 19.7 Å². The number of rotatable bonds is 10. The topological polar surface area (TPSA) is 85.6 Å². The molecule has 2 N–H and O–H groups in total. The summed E-state index contributed by atoms with van der Waals surface area (Å²) in [6.45, 7) is 2.71. The number of aliphatic imine (C=N–C) groups is 1. The van der Waals surface area contributed by atoms with Crippen molar-refractivity contribution in [2.45, 2.75) is 40.0 Å². The number of ether oxygens (including phenoxy) is 2. The van der Waals surface area contributed by atoms with Crippen LogP contribution in [-0.2, 0) is 20.1 Å². The fourth-order valence-electron chi connectivity index (χ4n) is 2.32. The molecule has 0 aliphatic heterocycles. The number of hydrogen-bond acceptors (Lipinski definition) is 5. The van der Waals surface area contributed by atoms with Crippen LogP contribution < -0.4 is 20.1 Å². The predicted molar refractivity (Wildman–Crippen MR) is 102 cm³/mol. The van der Waals surface area contributed by atoms with Gasteiger partial charge in [-0.2, -0.15) is 8.78 Å². The summed E-state index contributed by atoms with van der Waals surface area (Å²) in [5.74, 6) is 1.80. The van der Waals surface area contributed by atoms with Gasteiger partial charge >= 0.3 is 6.61 Å². The first-order chi connectivity index (χ1) is 13.5. The van der Waals surface area contributed by atoms with Crippen molar-refractivity contribution in [2.75, 3.05) is 13.2 Å². The average Bonchev–Trinajstić information content (AvgIpc) is 3.07. The molecule has 8 nitrogen and oxygen atoms in total. The fraction of sp³-hybridized carbons (Fsp3) is 0.500. The van der Waals surface area contributed by atoms with Crippen LogP contribution in [0.5, 0.6) is 11.5 Å². The molecule has 10 heteroatoms. The van der Waals surface area contributed by atoms with E-state index in [0.717, 1.165) is 12.2 Å². The van der Waals surface area contributed by atoms with E-state index >= 15 is 0 Å². The quantitative estimate of drug-likeness (QED) is 0.474. The van der Waals surface area contributed by atoms with Gasteiger partial charge in [-0.25, -0.2) is 4.99 Å². The highest BCUT2D eigenvalue weighted by Gasteiger charge is 2.12. The molecule has 0 aliphatic rings. The van der Waals surface area contributed by atoms with Gasteiger partial charge in [-0.05, 0) is 25.5 Å². The van der Waals surface area contributed by atoms with E-state index < -0.39 is 6.61 Å². The van der Waals surface area contributed by atoms with Gasteiger partial charge < -0.3 is 24.7 Å². The highest BCUT2D eigenvalue weighted by atomic mass is 19.3. The summed E-state index contributed by atoms with van der Waals surface area (Å²) in [4.78, 5) is 4.44. The van der Waals surface area contributed by atoms with Crippen molar-refractivity contribution in [1.82, 2.24) is 25.4 Å². The lowest BCUT2D eigenvalue weighted by Crippen LogP contribution is -2.37. The maximum Gasteiger partial charge on any atom is 0.387 e. The lowest BCUT2D eigenvalue weighted by atomic mass is 10.2. The van der Waals surface area contributed by atoms with E-state index in [0.29, 0.717) is 37.0 Å². The molecule has 1 aromatic heterocycles. The Morgan fingerprint density at radius 3 is 2.75 bits per heavy atom. The lowest BCUT2D eigenvalue weighted by Gasteiger charge is -2.14. The molecule has 0 aliphatic carbocycles. The normalized spacial score (nSPS) is 11.6. The Morgan fingerprint density at radius 2 is 2.11 bits per heavy atom. The number of alkyl halides is 2. The summed E-state index contributed by atoms with van der Waals surface area (Å²) < 4.78 is 37.5. The zero-order chi connectivity index (χ0) is 20.4. The lowest BCUT2D eigenvalue weighted by molar-refractivity contribution is -0.0505. The van der Waals surface area contributed by atoms with Crippen molar-refractivity contribution in [2.24, 2.45) is 12.0 Å². The van der Waals surface area contributed by atoms with E-state index in [4.69, 9.17) is 4.74 Å². The second-order valence-corrected chi connectivity index (χ2v) is 5.90. The molecule has 0 fully saturated rings. The van der Waals surface area contributed by atoms with Gasteiger partial charge in [0.15, 0.2) is 11.8 Å². The van der Waals surface area contributed by atoms with E-state index in [1.807, 2.05) is 20.9 Å². The number of nitrogens with zero attached hydrogens (tertiary/aromatic N) is 4. The third-order valence-electron chi connectivity index (χ3n) is 3.70. The Hall–Kier alpha value is -2.91. The summed E-state index contributed by atoms with van der Waals surface area (Å²) in [6.07, 6.45) is 2.43. The van der Waals surface area contributed by atoms with E-state index in [9.17, 15) is 8.78 Å². The van der Waals surface area contributed by atoms with E-state index in [1.54, 1.807) is 23.0 Å². The van der Waals surface area contributed by atoms with Crippen molar-refractivity contribution in [3.05, 3.63) is 35.9 Å². The van der Waals surface area contributed by atoms with Gasteiger partial charge in [0.2, 0.25) is 0 Å². The molecular formula is C18H26F2N6O2. The third-order valence-corrected chi connectivity index (χ3v) is 3.70. The van der Waals surface area contributed by atoms with Crippen molar-refractivity contribution in [3.8, 4) is 11.5 Å². The molecular weight excluding hydrogens is 370 g/mol. The van der Waals surface area contributed by atoms with Gasteiger partial charge in [-0.15, -0.1) is 10.2 Å². The number of benzene rings is 1. The maximum absolute atomic E-state index is 12.8. The maximum atomic E-state index is 12.8. The Balaban J connectivity index is 2.11. The molecule has 0 atom stereocenters. The summed E-state index contributed by atoms with van der Waals surface area (Å²) >= 11 is 0. The van der Waals surface area contributed by atoms with Gasteiger partial charge in [0.1, 0.15) is 17.8 Å². The first kappa shape index (κ1) is 21.4. The molecule has 0 amide bonds. The minimum absolute atomic E-state index is 0.0523. The molecule has 28 heavy (non-hydrogen) atoms. The zero-order valence-electron chi connectivity index (χ0n) is 16.3. The SMILES string of the molecule is CCCOc1ccc(CN=C(NCC)NCc2nncn2C)c(OC(F)F)c1. The largest absolute Gasteiger partial charge is 0.493 e. The van der Waals surface area contributed by atoms with Crippen molar-refractivity contribution in [3.63, 3.8) is 0 Å². The van der Waals surface area contributed by atoms with Crippen LogP contribution in [0.2, 0.25) is 0 Å². The van der Waals surface area contributed by atoms with Crippen LogP contribution in [0.1, 0.15) is 31.7 Å². The monoisotopic (exact) mass is 396 g/mol. The Morgan fingerprint density at radius 1 is 1.29 bits per heavy atom. The Kier molecular flexibility index (Phi) is 8.44. The Bertz CT molecular complexity index is 766. The number of aromatic nitrogens is 3. The van der Waals surface area contributed by atoms with Gasteiger partial charge in [-0.3, -0.25) is 0 Å². The highest BCUT2D eigenvalue weighted by molar-refractivity contribution is 5.79. The minimum Gasteiger partial charge on any atom is -0.493 e. The van der Waals surface area contributed by atoms with Gasteiger partial charge in [-0.1, -0.05) is 6.92 Å². The molecule has 0 saturated carbocycles. The molecule has 0 bridgehead atoms. The second-order valence-electron chi connectivity index (χ2n) is 5.90. The smallest absolute Gasteiger partial charge is 0.387 e. The second kappa shape index (κ2) is 11.1. The van der Waals surface area contributed by atoms with E-state index in [1.165, 1.54) is 6.07 Å². The van der Waals surface area contributed by atoms with Crippen LogP contribution in [-0.4, -0.2) is 40.5 Å². The third kappa shape index (κ3) is 6.67. The Labute approximate surface area is 163 Å². The molecule has 1 heterocycles. The van der Waals surface area contributed by atoms with Crippen LogP contribution in [0.3, 0.4) is 0 Å². The number of nitrogens with one attached hydrogen (secondary N) is 2. The molecule has 2 rings (SSSR count). The van der Waals surface area contributed by atoms with Crippen LogP contribution in [0.25, 0.3) is 0 Å². The molecule has 0 saturated heterocycles. The molecule has 2 aromatic rings. The van der Waals surface area contributed by atoms with E-state index in [-0.39, 0.29) is 12.3 Å². The average molecular weight is 396 g/mol. The summed E-state index contributed by atoms with van der Waals surface area (Å²) in [5.41, 5.74) is 0.528. The molecule has 0 spiro atoms. The standard InChI is InChI=1S/C18H26F2N6O2/c1-4-8-27-14-7-6-13(15(9-14)28-17(19)20)10-22-18(21-5-2)23-11-16-25-24-12-26(16)3/h6-7,9,12,17H,4-5,8,10-11H2,1-3H3,(H2,21,22,23). The fourth-order valence-corrected chi connectivity index (χ4v) is 2.32. The number of guanidine groups is 1. The van der Waals surface area contributed by atoms with Crippen LogP contribution >= 0.6 is 0 Å². The first-order valence-corrected chi connectivity index (χ1v) is 9.09. The van der Waals surface area contributed by atoms with Crippen molar-refractivity contribution < 1.29 is 18.3 Å². The molecule has 154 valence electrons. The highest BCUT2D eigenvalue weighted by Crippen LogP contribution is 2.27. The van der Waals surface area contributed by atoms with Crippen LogP contribution in [0.4, 0.5) is 8.78 Å². The van der Waals surface area contributed by atoms with Crippen molar-refractivity contribution in [1.29, 1.82) is 0 Å². The molecule has 0 radical (unpaired) electrons. The van der Waals surface area contributed by atoms with Gasteiger partial charge in [0.25, 0.3) is 0 Å². The number of halogens is 2. The molecule has 1 aromatic carbocycles. The van der Waals surface area contributed by atoms with E-state index in [2.05, 4.69) is 30.6 Å². The summed E-state index contributed by atoms with van der Waals surface area (Å²) in [7, 11) is 1.84. The number of hydrogen-bond donors (Lipinski definition) is 2. The first-order valence-electron chi connectivity index (χ1n) is 9.09. The minimum atomic E-state index is -2.92. The summed E-state index contributed by atoms with van der Waals surface area (Å²) in [5, 5.41) is 14.1. The predicted octanol–water partition coefficient (Wildman–Crippen LogP) is 2.46. The number of aryl methyl sites for hydroxylation is 1. The van der Waals surface area contributed by atoms with Crippen molar-refractivity contribution >= 4 is 5.96 Å². The zero-order valence-corrected chi connectivity index (χ0v) is 16.3. The van der Waals surface area contributed by atoms with Crippen LogP contribution in [0.15, 0.2) is 29.5 Å². The molecule has 0 unspecified atom stereocenters. The van der Waals surface area contributed by atoms with Crippen LogP contribution in [0, 0.1) is 0 Å². The summed E-state index contributed by atoms with van der Waals surface area (Å²) in [6, 6.07) is 4.86.